The summed E-state index contributed by atoms with van der Waals surface area (Å²) in [4.78, 5) is 12.0. The monoisotopic (exact) mass is 289 g/mol. The second-order valence-corrected chi connectivity index (χ2v) is 4.81. The van der Waals surface area contributed by atoms with Crippen LogP contribution in [0.5, 0.6) is 5.75 Å². The van der Waals surface area contributed by atoms with Gasteiger partial charge < -0.3 is 15.2 Å². The van der Waals surface area contributed by atoms with Gasteiger partial charge in [0.1, 0.15) is 5.75 Å². The summed E-state index contributed by atoms with van der Waals surface area (Å²) >= 11 is 0. The quantitative estimate of drug-likeness (QED) is 0.776. The van der Waals surface area contributed by atoms with Crippen molar-refractivity contribution in [2.45, 2.75) is 26.5 Å². The molecule has 6 nitrogen and oxygen atoms in total. The molecule has 3 N–H and O–H groups in total. The number of nitrogens with zero attached hydrogens (tertiary/aromatic N) is 1. The number of carbonyl (C=O) groups excluding carboxylic acids is 1. The molecule has 112 valence electrons. The van der Waals surface area contributed by atoms with E-state index in [-0.39, 0.29) is 0 Å². The number of aromatic nitrogens is 2. The van der Waals surface area contributed by atoms with Crippen LogP contribution in [0, 0.1) is 13.8 Å². The molecule has 1 aromatic carbocycles. The predicted octanol–water partition coefficient (Wildman–Crippen LogP) is 1.38. The lowest BCUT2D eigenvalue weighted by Gasteiger charge is -2.12. The van der Waals surface area contributed by atoms with Gasteiger partial charge in [0.25, 0.3) is 5.91 Å². The van der Waals surface area contributed by atoms with Crippen LogP contribution < -0.4 is 10.1 Å². The zero-order valence-corrected chi connectivity index (χ0v) is 12.3. The highest BCUT2D eigenvalue weighted by Gasteiger charge is 2.18. The molecular weight excluding hydrogens is 270 g/mol. The smallest absolute Gasteiger partial charge is 0.253 e. The molecule has 2 rings (SSSR count). The lowest BCUT2D eigenvalue weighted by Crippen LogP contribution is -2.29. The molecule has 1 unspecified atom stereocenters. The van der Waals surface area contributed by atoms with Gasteiger partial charge in [-0.2, -0.15) is 5.10 Å². The number of rotatable bonds is 5. The van der Waals surface area contributed by atoms with Gasteiger partial charge in [-0.15, -0.1) is 0 Å². The molecule has 1 amide bonds. The first-order chi connectivity index (χ1) is 10.0. The Labute approximate surface area is 123 Å². The number of aliphatic hydroxyl groups excluding tert-OH is 1. The number of nitrogens with one attached hydrogen (secondary N) is 2. The summed E-state index contributed by atoms with van der Waals surface area (Å²) in [5.74, 6) is 0.233. The van der Waals surface area contributed by atoms with Gasteiger partial charge in [-0.3, -0.25) is 9.89 Å². The number of aliphatic hydroxyl groups is 1. The maximum Gasteiger partial charge on any atom is 0.253 e. The lowest BCUT2D eigenvalue weighted by molar-refractivity contribution is -0.129. The number of aromatic amines is 1. The Balaban J connectivity index is 1.99. The fraction of sp³-hybridized carbons (Fsp3) is 0.333. The standard InChI is InChI=1S/C15H19N3O3/c1-9-13(10(2)18-17-9)8-16-15(20)14(19)11-4-6-12(21-3)7-5-11/h4-7,14,19H,8H2,1-3H3,(H,16,20)(H,17,18). The number of hydrogen-bond donors (Lipinski definition) is 3. The summed E-state index contributed by atoms with van der Waals surface area (Å²) in [7, 11) is 1.56. The third-order valence-corrected chi connectivity index (χ3v) is 3.40. The van der Waals surface area contributed by atoms with Crippen LogP contribution in [-0.2, 0) is 11.3 Å². The van der Waals surface area contributed by atoms with Crippen LogP contribution in [0.3, 0.4) is 0 Å². The van der Waals surface area contributed by atoms with E-state index < -0.39 is 12.0 Å². The molecule has 0 fully saturated rings. The van der Waals surface area contributed by atoms with E-state index in [0.29, 0.717) is 17.9 Å². The lowest BCUT2D eigenvalue weighted by atomic mass is 10.1. The first-order valence-electron chi connectivity index (χ1n) is 6.63. The van der Waals surface area contributed by atoms with E-state index in [0.717, 1.165) is 17.0 Å². The third kappa shape index (κ3) is 3.41. The molecule has 1 atom stereocenters. The Morgan fingerprint density at radius 2 is 2.05 bits per heavy atom. The Bertz CT molecular complexity index is 600. The zero-order valence-electron chi connectivity index (χ0n) is 12.3. The molecule has 21 heavy (non-hydrogen) atoms. The van der Waals surface area contributed by atoms with Crippen molar-refractivity contribution in [2.24, 2.45) is 0 Å². The molecule has 0 spiro atoms. The van der Waals surface area contributed by atoms with Crippen molar-refractivity contribution in [1.82, 2.24) is 15.5 Å². The average molecular weight is 289 g/mol. The number of methoxy groups -OCH3 is 1. The summed E-state index contributed by atoms with van der Waals surface area (Å²) in [6.07, 6.45) is -1.21. The molecular formula is C15H19N3O3. The maximum atomic E-state index is 12.0. The van der Waals surface area contributed by atoms with Gasteiger partial charge in [-0.1, -0.05) is 12.1 Å². The van der Waals surface area contributed by atoms with Gasteiger partial charge in [-0.05, 0) is 31.5 Å². The van der Waals surface area contributed by atoms with E-state index in [9.17, 15) is 9.90 Å². The van der Waals surface area contributed by atoms with Crippen LogP contribution in [0.2, 0.25) is 0 Å². The van der Waals surface area contributed by atoms with Gasteiger partial charge in [0, 0.05) is 17.8 Å². The maximum absolute atomic E-state index is 12.0. The Kier molecular flexibility index (Phi) is 4.59. The molecule has 0 radical (unpaired) electrons. The highest BCUT2D eigenvalue weighted by Crippen LogP contribution is 2.18. The molecule has 0 aliphatic heterocycles. The second-order valence-electron chi connectivity index (χ2n) is 4.81. The fourth-order valence-corrected chi connectivity index (χ4v) is 2.04. The van der Waals surface area contributed by atoms with Gasteiger partial charge in [0.15, 0.2) is 6.10 Å². The van der Waals surface area contributed by atoms with Crippen LogP contribution in [0.25, 0.3) is 0 Å². The molecule has 0 aliphatic rings. The van der Waals surface area contributed by atoms with Gasteiger partial charge in [0.2, 0.25) is 0 Å². The molecule has 0 saturated heterocycles. The minimum absolute atomic E-state index is 0.334. The SMILES string of the molecule is COc1ccc(C(O)C(=O)NCc2c(C)n[nH]c2C)cc1. The van der Waals surface area contributed by atoms with Crippen molar-refractivity contribution >= 4 is 5.91 Å². The van der Waals surface area contributed by atoms with Crippen LogP contribution in [0.15, 0.2) is 24.3 Å². The highest BCUT2D eigenvalue weighted by atomic mass is 16.5. The first-order valence-corrected chi connectivity index (χ1v) is 6.63. The third-order valence-electron chi connectivity index (χ3n) is 3.40. The largest absolute Gasteiger partial charge is 0.497 e. The van der Waals surface area contributed by atoms with E-state index in [1.165, 1.54) is 0 Å². The van der Waals surface area contributed by atoms with Crippen LogP contribution in [-0.4, -0.2) is 28.3 Å². The Hall–Kier alpha value is -2.34. The van der Waals surface area contributed by atoms with E-state index in [1.807, 2.05) is 13.8 Å². The highest BCUT2D eigenvalue weighted by molar-refractivity contribution is 5.81. The number of hydrogen-bond acceptors (Lipinski definition) is 4. The molecule has 6 heteroatoms. The first kappa shape index (κ1) is 15.1. The number of ether oxygens (including phenoxy) is 1. The van der Waals surface area contributed by atoms with Crippen molar-refractivity contribution < 1.29 is 14.6 Å². The molecule has 2 aromatic rings. The Morgan fingerprint density at radius 1 is 1.38 bits per heavy atom. The van der Waals surface area contributed by atoms with Gasteiger partial charge in [0.05, 0.1) is 12.8 Å². The number of carbonyl (C=O) groups is 1. The molecule has 0 bridgehead atoms. The van der Waals surface area contributed by atoms with Crippen LogP contribution in [0.1, 0.15) is 28.6 Å². The number of aryl methyl sites for hydroxylation is 2. The van der Waals surface area contributed by atoms with Crippen LogP contribution in [0.4, 0.5) is 0 Å². The summed E-state index contributed by atoms with van der Waals surface area (Å²) in [6.45, 7) is 4.09. The normalized spacial score (nSPS) is 12.0. The number of H-pyrrole nitrogens is 1. The van der Waals surface area contributed by atoms with Crippen molar-refractivity contribution in [3.05, 3.63) is 46.8 Å². The second kappa shape index (κ2) is 6.41. The molecule has 1 heterocycles. The van der Waals surface area contributed by atoms with E-state index in [1.54, 1.807) is 31.4 Å². The van der Waals surface area contributed by atoms with Crippen molar-refractivity contribution in [3.8, 4) is 5.75 Å². The van der Waals surface area contributed by atoms with Gasteiger partial charge in [-0.25, -0.2) is 0 Å². The topological polar surface area (TPSA) is 87.2 Å². The zero-order chi connectivity index (χ0) is 15.4. The van der Waals surface area contributed by atoms with Crippen molar-refractivity contribution in [2.75, 3.05) is 7.11 Å². The molecule has 0 aliphatic carbocycles. The summed E-state index contributed by atoms with van der Waals surface area (Å²) in [5.41, 5.74) is 3.21. The summed E-state index contributed by atoms with van der Waals surface area (Å²) in [5, 5.41) is 19.7. The Morgan fingerprint density at radius 3 is 2.57 bits per heavy atom. The number of amides is 1. The van der Waals surface area contributed by atoms with Gasteiger partial charge >= 0.3 is 0 Å². The summed E-state index contributed by atoms with van der Waals surface area (Å²) < 4.78 is 5.04. The fourth-order valence-electron chi connectivity index (χ4n) is 2.04. The summed E-state index contributed by atoms with van der Waals surface area (Å²) in [6, 6.07) is 6.74. The van der Waals surface area contributed by atoms with E-state index in [2.05, 4.69) is 15.5 Å². The molecule has 0 saturated carbocycles. The number of benzene rings is 1. The minimum atomic E-state index is -1.21. The van der Waals surface area contributed by atoms with Crippen molar-refractivity contribution in [1.29, 1.82) is 0 Å². The van der Waals surface area contributed by atoms with E-state index in [4.69, 9.17) is 4.74 Å². The predicted molar refractivity (Wildman–Crippen MR) is 77.9 cm³/mol. The molecule has 1 aromatic heterocycles. The van der Waals surface area contributed by atoms with Crippen LogP contribution >= 0.6 is 0 Å². The minimum Gasteiger partial charge on any atom is -0.497 e. The average Bonchev–Trinajstić information content (AvgIpc) is 2.83. The van der Waals surface area contributed by atoms with E-state index >= 15 is 0 Å². The van der Waals surface area contributed by atoms with Crippen molar-refractivity contribution in [3.63, 3.8) is 0 Å².